The lowest BCUT2D eigenvalue weighted by Crippen LogP contribution is -2.22. The molecule has 0 unspecified atom stereocenters. The molecule has 0 radical (unpaired) electrons. The van der Waals surface area contributed by atoms with Gasteiger partial charge in [0.05, 0.1) is 21.6 Å². The van der Waals surface area contributed by atoms with Crippen molar-refractivity contribution in [1.29, 1.82) is 0 Å². The second-order valence-electron chi connectivity index (χ2n) is 3.96. The molecule has 0 aliphatic heterocycles. The van der Waals surface area contributed by atoms with Gasteiger partial charge in [-0.2, -0.15) is 8.42 Å². The molecule has 0 heterocycles. The summed E-state index contributed by atoms with van der Waals surface area (Å²) in [5, 5.41) is 29.9. The summed E-state index contributed by atoms with van der Waals surface area (Å²) in [4.78, 5) is 31.1. The van der Waals surface area contributed by atoms with E-state index in [0.717, 1.165) is 18.2 Å². The van der Waals surface area contributed by atoms with E-state index in [1.165, 1.54) is 0 Å². The van der Waals surface area contributed by atoms with Crippen LogP contribution in [0.2, 0.25) is 0 Å². The van der Waals surface area contributed by atoms with Crippen LogP contribution < -0.4 is 16.8 Å². The minimum Gasteiger partial charge on any atom is -0.369 e. The SMILES string of the molecule is NC(N)=NN=CC(=O)Nc1cc([N+](=O)[O-])cc([N+](=O)[O-])c1.O=S(=O)(O)O. The first-order valence-corrected chi connectivity index (χ1v) is 7.26. The molecular weight excluding hydrogens is 382 g/mol. The predicted octanol–water partition coefficient (Wildman–Crippen LogP) is -0.952. The molecule has 0 spiro atoms. The fourth-order valence-electron chi connectivity index (χ4n) is 1.20. The molecule has 0 aromatic heterocycles. The minimum atomic E-state index is -4.67. The van der Waals surface area contributed by atoms with E-state index in [1.807, 2.05) is 0 Å². The first-order chi connectivity index (χ1) is 11.8. The number of amides is 1. The van der Waals surface area contributed by atoms with Crippen molar-refractivity contribution in [2.45, 2.75) is 0 Å². The van der Waals surface area contributed by atoms with Gasteiger partial charge in [-0.15, -0.1) is 10.2 Å². The van der Waals surface area contributed by atoms with E-state index in [2.05, 4.69) is 15.5 Å². The van der Waals surface area contributed by atoms with Gasteiger partial charge in [0.1, 0.15) is 6.21 Å². The highest BCUT2D eigenvalue weighted by Gasteiger charge is 2.17. The maximum atomic E-state index is 11.4. The summed E-state index contributed by atoms with van der Waals surface area (Å²) < 4.78 is 31.6. The molecule has 0 aliphatic rings. The van der Waals surface area contributed by atoms with Crippen LogP contribution in [0.4, 0.5) is 17.1 Å². The number of benzene rings is 1. The molecule has 0 saturated heterocycles. The topological polar surface area (TPSA) is 267 Å². The number of guanidine groups is 1. The number of nitrogens with two attached hydrogens (primary N) is 2. The molecule has 1 aromatic carbocycles. The van der Waals surface area contributed by atoms with Crippen molar-refractivity contribution in [3.05, 3.63) is 38.4 Å². The zero-order chi connectivity index (χ0) is 20.5. The Hall–Kier alpha value is -3.70. The average molecular weight is 393 g/mol. The molecule has 142 valence electrons. The van der Waals surface area contributed by atoms with E-state index >= 15 is 0 Å². The summed E-state index contributed by atoms with van der Waals surface area (Å²) in [7, 11) is -4.67. The summed E-state index contributed by atoms with van der Waals surface area (Å²) in [6.07, 6.45) is 0.699. The number of hydrogen-bond acceptors (Lipinski definition) is 9. The Morgan fingerprint density at radius 2 is 1.54 bits per heavy atom. The standard InChI is InChI=1S/C9H9N7O5.H2O4S/c10-9(11)14-12-4-8(17)13-5-1-6(15(18)19)3-7(2-5)16(20)21;1-5(2,3)4/h1-4H,(H,13,17)(H4,10,11,14);(H2,1,2,3,4). The van der Waals surface area contributed by atoms with Gasteiger partial charge in [0.25, 0.3) is 17.3 Å². The molecule has 0 aliphatic carbocycles. The Morgan fingerprint density at radius 1 is 1.12 bits per heavy atom. The van der Waals surface area contributed by atoms with Crippen molar-refractivity contribution in [3.63, 3.8) is 0 Å². The number of anilines is 1. The third-order valence-electron chi connectivity index (χ3n) is 1.94. The van der Waals surface area contributed by atoms with Crippen LogP contribution in [0.25, 0.3) is 0 Å². The highest BCUT2D eigenvalue weighted by atomic mass is 32.3. The van der Waals surface area contributed by atoms with E-state index in [1.54, 1.807) is 0 Å². The number of carbonyl (C=O) groups is 1. The fraction of sp³-hybridized carbons (Fsp3) is 0. The number of rotatable bonds is 5. The first-order valence-electron chi connectivity index (χ1n) is 5.86. The number of carbonyl (C=O) groups excluding carboxylic acids is 1. The summed E-state index contributed by atoms with van der Waals surface area (Å²) in [5.74, 6) is -1.19. The molecule has 0 atom stereocenters. The Labute approximate surface area is 144 Å². The Morgan fingerprint density at radius 3 is 1.88 bits per heavy atom. The summed E-state index contributed by atoms with van der Waals surface area (Å²) in [6.45, 7) is 0. The molecule has 26 heavy (non-hydrogen) atoms. The van der Waals surface area contributed by atoms with Gasteiger partial charge < -0.3 is 16.8 Å². The van der Waals surface area contributed by atoms with E-state index in [4.69, 9.17) is 29.0 Å². The minimum absolute atomic E-state index is 0.142. The molecular formula is C9H11N7O9S. The molecule has 17 heteroatoms. The fourth-order valence-corrected chi connectivity index (χ4v) is 1.20. The van der Waals surface area contributed by atoms with Crippen molar-refractivity contribution in [2.24, 2.45) is 21.7 Å². The van der Waals surface area contributed by atoms with Crippen LogP contribution in [-0.2, 0) is 15.2 Å². The van der Waals surface area contributed by atoms with Crippen LogP contribution in [-0.4, -0.2) is 45.5 Å². The van der Waals surface area contributed by atoms with Crippen LogP contribution in [0.3, 0.4) is 0 Å². The van der Waals surface area contributed by atoms with E-state index in [0.29, 0.717) is 6.21 Å². The molecule has 1 aromatic rings. The first kappa shape index (κ1) is 22.3. The third kappa shape index (κ3) is 10.9. The molecule has 16 nitrogen and oxygen atoms in total. The van der Waals surface area contributed by atoms with Crippen LogP contribution in [0, 0.1) is 20.2 Å². The number of nitro groups is 2. The van der Waals surface area contributed by atoms with Gasteiger partial charge in [-0.3, -0.25) is 34.1 Å². The van der Waals surface area contributed by atoms with E-state index in [9.17, 15) is 25.0 Å². The van der Waals surface area contributed by atoms with Crippen molar-refractivity contribution < 1.29 is 32.2 Å². The van der Waals surface area contributed by atoms with Crippen molar-refractivity contribution >= 4 is 45.5 Å². The normalized spacial score (nSPS) is 10.4. The smallest absolute Gasteiger partial charge is 0.369 e. The lowest BCUT2D eigenvalue weighted by molar-refractivity contribution is -0.394. The third-order valence-corrected chi connectivity index (χ3v) is 1.94. The zero-order valence-electron chi connectivity index (χ0n) is 12.4. The maximum Gasteiger partial charge on any atom is 0.394 e. The molecule has 0 fully saturated rings. The summed E-state index contributed by atoms with van der Waals surface area (Å²) >= 11 is 0. The van der Waals surface area contributed by atoms with Gasteiger partial charge in [-0.1, -0.05) is 0 Å². The lowest BCUT2D eigenvalue weighted by atomic mass is 10.2. The zero-order valence-corrected chi connectivity index (χ0v) is 13.2. The van der Waals surface area contributed by atoms with Crippen LogP contribution in [0.15, 0.2) is 28.4 Å². The number of hydrogen-bond donors (Lipinski definition) is 5. The van der Waals surface area contributed by atoms with Gasteiger partial charge in [0, 0.05) is 12.1 Å². The highest BCUT2D eigenvalue weighted by molar-refractivity contribution is 7.79. The van der Waals surface area contributed by atoms with Gasteiger partial charge >= 0.3 is 10.4 Å². The Balaban J connectivity index is 0.00000110. The molecule has 0 saturated carbocycles. The number of nitrogens with one attached hydrogen (secondary N) is 1. The second-order valence-corrected chi connectivity index (χ2v) is 4.85. The summed E-state index contributed by atoms with van der Waals surface area (Å²) in [5.41, 5.74) is 8.72. The van der Waals surface area contributed by atoms with Gasteiger partial charge in [0.15, 0.2) is 0 Å². The molecule has 0 bridgehead atoms. The quantitative estimate of drug-likeness (QED) is 0.134. The van der Waals surface area contributed by atoms with Crippen LogP contribution in [0.1, 0.15) is 0 Å². The van der Waals surface area contributed by atoms with Gasteiger partial charge in [-0.25, -0.2) is 0 Å². The maximum absolute atomic E-state index is 11.4. The molecule has 1 amide bonds. The van der Waals surface area contributed by atoms with Crippen LogP contribution >= 0.6 is 0 Å². The van der Waals surface area contributed by atoms with Crippen molar-refractivity contribution in [2.75, 3.05) is 5.32 Å². The Bertz CT molecular complexity index is 820. The van der Waals surface area contributed by atoms with Crippen LogP contribution in [0.5, 0.6) is 0 Å². The van der Waals surface area contributed by atoms with Gasteiger partial charge in [0.2, 0.25) is 5.96 Å². The summed E-state index contributed by atoms with van der Waals surface area (Å²) in [6, 6.07) is 2.68. The highest BCUT2D eigenvalue weighted by Crippen LogP contribution is 2.25. The molecule has 1 rings (SSSR count). The number of nitrogens with zero attached hydrogens (tertiary/aromatic N) is 4. The van der Waals surface area contributed by atoms with Gasteiger partial charge in [-0.05, 0) is 0 Å². The monoisotopic (exact) mass is 393 g/mol. The largest absolute Gasteiger partial charge is 0.394 e. The predicted molar refractivity (Wildman–Crippen MR) is 86.9 cm³/mol. The molecule has 7 N–H and O–H groups in total. The average Bonchev–Trinajstić information content (AvgIpc) is 2.44. The van der Waals surface area contributed by atoms with E-state index < -0.39 is 37.5 Å². The lowest BCUT2D eigenvalue weighted by Gasteiger charge is -2.01. The number of nitro benzene ring substituents is 2. The number of non-ortho nitro benzene ring substituents is 2. The second kappa shape index (κ2) is 9.56. The van der Waals surface area contributed by atoms with E-state index in [-0.39, 0.29) is 11.6 Å². The van der Waals surface area contributed by atoms with Crippen molar-refractivity contribution in [1.82, 2.24) is 0 Å². The Kier molecular flexibility index (Phi) is 8.20. The van der Waals surface area contributed by atoms with Crippen molar-refractivity contribution in [3.8, 4) is 0 Å².